The molecule has 0 fully saturated rings. The largest absolute Gasteiger partial charge is 0.290 e. The average molecular weight is 318 g/mol. The second kappa shape index (κ2) is 4.04. The summed E-state index contributed by atoms with van der Waals surface area (Å²) in [7, 11) is 0. The van der Waals surface area contributed by atoms with Crippen LogP contribution in [0.1, 0.15) is 11.5 Å². The molecule has 2 aromatic rings. The minimum Gasteiger partial charge on any atom is -0.290 e. The Bertz CT molecular complexity index is 519. The summed E-state index contributed by atoms with van der Waals surface area (Å²) in [4.78, 5) is 15.8. The molecule has 0 aliphatic rings. The topological polar surface area (TPSA) is 89.3 Å². The SMILES string of the molecule is Cc1ncn(Cc2nn[nH]n2)c(=O)c1I. The summed E-state index contributed by atoms with van der Waals surface area (Å²) in [6, 6.07) is 0. The zero-order chi connectivity index (χ0) is 10.8. The number of aromatic amines is 1. The molecule has 0 atom stereocenters. The smallest absolute Gasteiger partial charge is 0.267 e. The Labute approximate surface area is 98.1 Å². The van der Waals surface area contributed by atoms with E-state index in [1.54, 1.807) is 6.92 Å². The first-order valence-electron chi connectivity index (χ1n) is 4.12. The molecule has 0 aliphatic heterocycles. The third-order valence-electron chi connectivity index (χ3n) is 1.86. The number of aryl methyl sites for hydroxylation is 1. The van der Waals surface area contributed by atoms with E-state index in [1.807, 2.05) is 22.6 Å². The van der Waals surface area contributed by atoms with E-state index in [0.717, 1.165) is 5.69 Å². The van der Waals surface area contributed by atoms with E-state index in [2.05, 4.69) is 25.6 Å². The summed E-state index contributed by atoms with van der Waals surface area (Å²) in [5.41, 5.74) is 0.637. The van der Waals surface area contributed by atoms with Crippen LogP contribution in [0.4, 0.5) is 0 Å². The Hall–Kier alpha value is -1.32. The highest BCUT2D eigenvalue weighted by Crippen LogP contribution is 2.01. The molecule has 0 saturated carbocycles. The van der Waals surface area contributed by atoms with Crippen molar-refractivity contribution in [1.29, 1.82) is 0 Å². The molecule has 2 aromatic heterocycles. The van der Waals surface area contributed by atoms with E-state index in [4.69, 9.17) is 0 Å². The maximum atomic E-state index is 11.7. The molecule has 15 heavy (non-hydrogen) atoms. The first kappa shape index (κ1) is 10.2. The second-order valence-electron chi connectivity index (χ2n) is 2.91. The van der Waals surface area contributed by atoms with Crippen molar-refractivity contribution in [2.45, 2.75) is 13.5 Å². The van der Waals surface area contributed by atoms with Crippen LogP contribution >= 0.6 is 22.6 Å². The highest BCUT2D eigenvalue weighted by atomic mass is 127. The van der Waals surface area contributed by atoms with Gasteiger partial charge in [0, 0.05) is 0 Å². The molecule has 1 N–H and O–H groups in total. The predicted octanol–water partition coefficient (Wildman–Crippen LogP) is -0.282. The van der Waals surface area contributed by atoms with Crippen molar-refractivity contribution in [3.8, 4) is 0 Å². The van der Waals surface area contributed by atoms with Crippen molar-refractivity contribution in [1.82, 2.24) is 30.2 Å². The van der Waals surface area contributed by atoms with Gasteiger partial charge in [0.2, 0.25) is 0 Å². The van der Waals surface area contributed by atoms with E-state index >= 15 is 0 Å². The lowest BCUT2D eigenvalue weighted by molar-refractivity contribution is 0.689. The van der Waals surface area contributed by atoms with Gasteiger partial charge in [-0.1, -0.05) is 5.21 Å². The molecule has 7 nitrogen and oxygen atoms in total. The molecule has 78 valence electrons. The van der Waals surface area contributed by atoms with Crippen molar-refractivity contribution in [2.75, 3.05) is 0 Å². The summed E-state index contributed by atoms with van der Waals surface area (Å²) < 4.78 is 2.05. The molecule has 0 saturated heterocycles. The highest BCUT2D eigenvalue weighted by molar-refractivity contribution is 14.1. The van der Waals surface area contributed by atoms with Crippen LogP contribution in [-0.2, 0) is 6.54 Å². The van der Waals surface area contributed by atoms with Gasteiger partial charge in [0.15, 0.2) is 5.82 Å². The number of rotatable bonds is 2. The standard InChI is InChI=1S/C7H7IN6O/c1-4-6(8)7(15)14(3-9-4)2-5-10-12-13-11-5/h3H,2H2,1H3,(H,10,11,12,13). The van der Waals surface area contributed by atoms with Crippen LogP contribution in [0.25, 0.3) is 0 Å². The van der Waals surface area contributed by atoms with Crippen LogP contribution in [0.3, 0.4) is 0 Å². The number of aromatic nitrogens is 6. The van der Waals surface area contributed by atoms with Crippen molar-refractivity contribution < 1.29 is 0 Å². The van der Waals surface area contributed by atoms with Gasteiger partial charge >= 0.3 is 0 Å². The van der Waals surface area contributed by atoms with Crippen LogP contribution in [-0.4, -0.2) is 30.2 Å². The Kier molecular flexibility index (Phi) is 2.75. The number of hydrogen-bond acceptors (Lipinski definition) is 5. The fraction of sp³-hybridized carbons (Fsp3) is 0.286. The molecule has 2 rings (SSSR count). The van der Waals surface area contributed by atoms with E-state index < -0.39 is 0 Å². The van der Waals surface area contributed by atoms with E-state index in [-0.39, 0.29) is 12.1 Å². The first-order valence-corrected chi connectivity index (χ1v) is 5.20. The Morgan fingerprint density at radius 1 is 1.60 bits per heavy atom. The fourth-order valence-electron chi connectivity index (χ4n) is 1.06. The van der Waals surface area contributed by atoms with Crippen LogP contribution < -0.4 is 5.56 Å². The van der Waals surface area contributed by atoms with Crippen molar-refractivity contribution in [3.63, 3.8) is 0 Å². The van der Waals surface area contributed by atoms with Crippen LogP contribution in [0.2, 0.25) is 0 Å². The summed E-state index contributed by atoms with van der Waals surface area (Å²) in [6.45, 7) is 2.07. The molecule has 8 heteroatoms. The molecular weight excluding hydrogens is 311 g/mol. The van der Waals surface area contributed by atoms with Gasteiger partial charge in [-0.2, -0.15) is 5.21 Å². The monoisotopic (exact) mass is 318 g/mol. The van der Waals surface area contributed by atoms with Gasteiger partial charge in [0.25, 0.3) is 5.56 Å². The lowest BCUT2D eigenvalue weighted by Gasteiger charge is -2.03. The van der Waals surface area contributed by atoms with Crippen LogP contribution in [0.15, 0.2) is 11.1 Å². The van der Waals surface area contributed by atoms with Gasteiger partial charge in [-0.3, -0.25) is 9.36 Å². The van der Waals surface area contributed by atoms with Gasteiger partial charge in [0.1, 0.15) is 0 Å². The van der Waals surface area contributed by atoms with Gasteiger partial charge < -0.3 is 0 Å². The van der Waals surface area contributed by atoms with E-state index in [0.29, 0.717) is 9.39 Å². The minimum absolute atomic E-state index is 0.0899. The Morgan fingerprint density at radius 3 is 3.07 bits per heavy atom. The molecular formula is C7H7IN6O. The lowest BCUT2D eigenvalue weighted by Crippen LogP contribution is -2.25. The van der Waals surface area contributed by atoms with Gasteiger partial charge in [-0.05, 0) is 29.5 Å². The van der Waals surface area contributed by atoms with Crippen LogP contribution in [0, 0.1) is 10.5 Å². The second-order valence-corrected chi connectivity index (χ2v) is 3.98. The van der Waals surface area contributed by atoms with E-state index in [1.165, 1.54) is 10.9 Å². The number of halogens is 1. The zero-order valence-electron chi connectivity index (χ0n) is 7.81. The first-order chi connectivity index (χ1) is 7.18. The highest BCUT2D eigenvalue weighted by Gasteiger charge is 2.07. The molecule has 2 heterocycles. The molecule has 0 bridgehead atoms. The normalized spacial score (nSPS) is 10.5. The molecule has 0 aliphatic carbocycles. The van der Waals surface area contributed by atoms with Crippen molar-refractivity contribution in [2.24, 2.45) is 0 Å². The maximum Gasteiger partial charge on any atom is 0.267 e. The average Bonchev–Trinajstić information content (AvgIpc) is 2.72. The van der Waals surface area contributed by atoms with Crippen LogP contribution in [0.5, 0.6) is 0 Å². The van der Waals surface area contributed by atoms with Crippen molar-refractivity contribution in [3.05, 3.63) is 31.8 Å². The lowest BCUT2D eigenvalue weighted by atomic mass is 10.4. The fourth-order valence-corrected chi connectivity index (χ4v) is 1.51. The summed E-state index contributed by atoms with van der Waals surface area (Å²) in [5, 5.41) is 13.3. The molecule has 0 unspecified atom stereocenters. The molecule has 0 spiro atoms. The maximum absolute atomic E-state index is 11.7. The number of tetrazole rings is 1. The van der Waals surface area contributed by atoms with Gasteiger partial charge in [-0.25, -0.2) is 4.98 Å². The van der Waals surface area contributed by atoms with Gasteiger partial charge in [-0.15, -0.1) is 10.2 Å². The molecule has 0 amide bonds. The molecule has 0 aromatic carbocycles. The van der Waals surface area contributed by atoms with Crippen molar-refractivity contribution >= 4 is 22.6 Å². The third kappa shape index (κ3) is 2.03. The van der Waals surface area contributed by atoms with Gasteiger partial charge in [0.05, 0.1) is 22.1 Å². The Morgan fingerprint density at radius 2 is 2.40 bits per heavy atom. The third-order valence-corrected chi connectivity index (χ3v) is 3.10. The number of nitrogens with one attached hydrogen (secondary N) is 1. The quantitative estimate of drug-likeness (QED) is 0.769. The molecule has 0 radical (unpaired) electrons. The minimum atomic E-state index is -0.0899. The zero-order valence-corrected chi connectivity index (χ0v) is 9.96. The summed E-state index contributed by atoms with van der Waals surface area (Å²) >= 11 is 1.98. The summed E-state index contributed by atoms with van der Waals surface area (Å²) in [5.74, 6) is 0.457. The van der Waals surface area contributed by atoms with E-state index in [9.17, 15) is 4.79 Å². The Balaban J connectivity index is 2.38. The number of nitrogens with zero attached hydrogens (tertiary/aromatic N) is 5. The number of H-pyrrole nitrogens is 1. The number of hydrogen-bond donors (Lipinski definition) is 1. The predicted molar refractivity (Wildman–Crippen MR) is 59.2 cm³/mol. The summed E-state index contributed by atoms with van der Waals surface area (Å²) in [6.07, 6.45) is 1.48.